The molecule has 2 saturated heterocycles. The van der Waals surface area contributed by atoms with Gasteiger partial charge >= 0.3 is 0 Å². The monoisotopic (exact) mass is 424 g/mol. The number of hydrogen-bond donors (Lipinski definition) is 3. The third-order valence-electron chi connectivity index (χ3n) is 7.13. The van der Waals surface area contributed by atoms with Crippen molar-refractivity contribution in [3.05, 3.63) is 65.0 Å². The molecule has 158 valence electrons. The lowest BCUT2D eigenvalue weighted by molar-refractivity contribution is 0.174. The maximum atomic E-state index is 6.43. The van der Waals surface area contributed by atoms with Gasteiger partial charge in [-0.1, -0.05) is 17.7 Å². The Balaban J connectivity index is 1.20. The Bertz CT molecular complexity index is 920. The fourth-order valence-electron chi connectivity index (χ4n) is 5.34. The van der Waals surface area contributed by atoms with Crippen LogP contribution in [-0.2, 0) is 0 Å². The summed E-state index contributed by atoms with van der Waals surface area (Å²) in [5.74, 6) is 1.32. The largest absolute Gasteiger partial charge is 0.363 e. The van der Waals surface area contributed by atoms with Crippen LogP contribution >= 0.6 is 11.6 Å². The molecule has 7 heteroatoms. The molecular weight excluding hydrogens is 396 g/mol. The van der Waals surface area contributed by atoms with Crippen LogP contribution in [0.1, 0.15) is 43.8 Å². The van der Waals surface area contributed by atoms with Gasteiger partial charge in [0.15, 0.2) is 0 Å². The second-order valence-corrected chi connectivity index (χ2v) is 9.60. The summed E-state index contributed by atoms with van der Waals surface area (Å²) < 4.78 is 0. The first-order valence-electron chi connectivity index (χ1n) is 11.2. The molecule has 0 aromatic carbocycles. The molecule has 1 aliphatic carbocycles. The summed E-state index contributed by atoms with van der Waals surface area (Å²) in [6, 6.07) is 4.32. The van der Waals surface area contributed by atoms with Gasteiger partial charge in [0.25, 0.3) is 0 Å². The van der Waals surface area contributed by atoms with Gasteiger partial charge in [0.1, 0.15) is 12.0 Å². The van der Waals surface area contributed by atoms with Crippen molar-refractivity contribution in [1.82, 2.24) is 30.7 Å². The Morgan fingerprint density at radius 2 is 2.10 bits per heavy atom. The van der Waals surface area contributed by atoms with E-state index in [-0.39, 0.29) is 12.2 Å². The fraction of sp³-hybridized carbons (Fsp3) is 0.522. The van der Waals surface area contributed by atoms with Crippen LogP contribution in [0.3, 0.4) is 0 Å². The number of nitrogens with one attached hydrogen (secondary N) is 3. The van der Waals surface area contributed by atoms with E-state index in [2.05, 4.69) is 55.2 Å². The van der Waals surface area contributed by atoms with Gasteiger partial charge in [-0.2, -0.15) is 0 Å². The molecule has 1 saturated carbocycles. The zero-order valence-electron chi connectivity index (χ0n) is 17.1. The van der Waals surface area contributed by atoms with Gasteiger partial charge in [0, 0.05) is 49.3 Å². The van der Waals surface area contributed by atoms with E-state index in [4.69, 9.17) is 11.6 Å². The third kappa shape index (κ3) is 3.31. The first kappa shape index (κ1) is 18.7. The summed E-state index contributed by atoms with van der Waals surface area (Å²) in [7, 11) is 0. The third-order valence-corrected chi connectivity index (χ3v) is 7.45. The summed E-state index contributed by atoms with van der Waals surface area (Å²) in [4.78, 5) is 9.52. The molecule has 0 bridgehead atoms. The minimum absolute atomic E-state index is 0.200. The predicted molar refractivity (Wildman–Crippen MR) is 118 cm³/mol. The number of fused-ring (bicyclic) bond motifs is 1. The molecule has 6 nitrogen and oxygen atoms in total. The van der Waals surface area contributed by atoms with Gasteiger partial charge in [0.2, 0.25) is 0 Å². The highest BCUT2D eigenvalue weighted by atomic mass is 35.5. The lowest BCUT2D eigenvalue weighted by atomic mass is 9.94. The summed E-state index contributed by atoms with van der Waals surface area (Å²) >= 11 is 6.43. The maximum Gasteiger partial charge on any atom is 0.124 e. The Morgan fingerprint density at radius 3 is 2.97 bits per heavy atom. The number of allylic oxidation sites excluding steroid dienone is 2. The van der Waals surface area contributed by atoms with Gasteiger partial charge in [-0.05, 0) is 56.4 Å². The van der Waals surface area contributed by atoms with Crippen LogP contribution in [0, 0.1) is 0 Å². The van der Waals surface area contributed by atoms with Crippen LogP contribution in [0.25, 0.3) is 0 Å². The van der Waals surface area contributed by atoms with Crippen LogP contribution in [-0.4, -0.2) is 52.2 Å². The Labute approximate surface area is 183 Å². The quantitative estimate of drug-likeness (QED) is 0.693. The van der Waals surface area contributed by atoms with Crippen molar-refractivity contribution in [2.24, 2.45) is 0 Å². The lowest BCUT2D eigenvalue weighted by Crippen LogP contribution is -2.54. The lowest BCUT2D eigenvalue weighted by Gasteiger charge is -2.41. The van der Waals surface area contributed by atoms with Gasteiger partial charge in [0.05, 0.1) is 16.8 Å². The molecule has 0 amide bonds. The zero-order valence-corrected chi connectivity index (χ0v) is 17.9. The topological polar surface area (TPSA) is 55.5 Å². The molecule has 3 N–H and O–H groups in total. The summed E-state index contributed by atoms with van der Waals surface area (Å²) in [6.45, 7) is 3.25. The van der Waals surface area contributed by atoms with Crippen LogP contribution in [0.4, 0.5) is 0 Å². The average Bonchev–Trinajstić information content (AvgIpc) is 3.36. The van der Waals surface area contributed by atoms with Crippen molar-refractivity contribution in [1.29, 1.82) is 0 Å². The van der Waals surface area contributed by atoms with Crippen molar-refractivity contribution in [3.8, 4) is 0 Å². The Hall–Kier alpha value is -2.02. The van der Waals surface area contributed by atoms with Crippen molar-refractivity contribution < 1.29 is 0 Å². The van der Waals surface area contributed by atoms with Crippen LogP contribution in [0.2, 0.25) is 5.02 Å². The second-order valence-electron chi connectivity index (χ2n) is 9.19. The van der Waals surface area contributed by atoms with E-state index in [1.54, 1.807) is 0 Å². The van der Waals surface area contributed by atoms with E-state index >= 15 is 0 Å². The number of aromatic nitrogens is 1. The molecule has 5 heterocycles. The standard InChI is InChI=1S/C23H29ClN6/c24-16-4-3-11-25-22(16)18-6-1-5-17(27-18)19-14-30-20(28-19)7-2-8-21(30)29-13-12-26-23(15-29)9-10-23/h2-4,7-8,11,14,17-18,20,26-28H,1,5-6,9-10,12-13,15H2. The highest BCUT2D eigenvalue weighted by Crippen LogP contribution is 2.40. The van der Waals surface area contributed by atoms with Crippen LogP contribution in [0.5, 0.6) is 0 Å². The van der Waals surface area contributed by atoms with E-state index in [9.17, 15) is 0 Å². The summed E-state index contributed by atoms with van der Waals surface area (Å²) in [6.07, 6.45) is 17.0. The van der Waals surface area contributed by atoms with Crippen molar-refractivity contribution >= 4 is 11.6 Å². The molecule has 1 aromatic rings. The minimum Gasteiger partial charge on any atom is -0.363 e. The summed E-state index contributed by atoms with van der Waals surface area (Å²) in [5, 5.41) is 12.0. The normalized spacial score (nSPS) is 31.8. The number of rotatable bonds is 3. The van der Waals surface area contributed by atoms with E-state index in [1.807, 2.05) is 18.3 Å². The van der Waals surface area contributed by atoms with E-state index in [0.717, 1.165) is 49.6 Å². The van der Waals surface area contributed by atoms with E-state index in [0.29, 0.717) is 11.6 Å². The first-order chi connectivity index (χ1) is 14.7. The molecule has 3 unspecified atom stereocenters. The smallest absolute Gasteiger partial charge is 0.124 e. The molecule has 4 aliphatic heterocycles. The number of nitrogens with zero attached hydrogens (tertiary/aromatic N) is 3. The number of piperidine rings is 1. The molecule has 0 radical (unpaired) electrons. The fourth-order valence-corrected chi connectivity index (χ4v) is 5.59. The molecule has 1 spiro atoms. The van der Waals surface area contributed by atoms with Crippen molar-refractivity contribution in [3.63, 3.8) is 0 Å². The summed E-state index contributed by atoms with van der Waals surface area (Å²) in [5.41, 5.74) is 2.61. The number of hydrogen-bond acceptors (Lipinski definition) is 6. The SMILES string of the molecule is Clc1cccnc1C1CCCC(C2=CN3C(N4CCNC5(CC5)C4)=CC=CC3N2)N1. The minimum atomic E-state index is 0.200. The molecule has 1 aromatic heterocycles. The van der Waals surface area contributed by atoms with Gasteiger partial charge in [-0.3, -0.25) is 4.98 Å². The molecule has 30 heavy (non-hydrogen) atoms. The predicted octanol–water partition coefficient (Wildman–Crippen LogP) is 2.84. The number of pyridine rings is 1. The number of halogens is 1. The van der Waals surface area contributed by atoms with Gasteiger partial charge in [-0.25, -0.2) is 0 Å². The molecule has 6 rings (SSSR count). The van der Waals surface area contributed by atoms with Gasteiger partial charge < -0.3 is 25.8 Å². The molecule has 3 atom stereocenters. The number of piperazine rings is 1. The van der Waals surface area contributed by atoms with Crippen molar-refractivity contribution in [2.75, 3.05) is 19.6 Å². The van der Waals surface area contributed by atoms with E-state index < -0.39 is 0 Å². The van der Waals surface area contributed by atoms with Crippen LogP contribution < -0.4 is 16.0 Å². The zero-order chi connectivity index (χ0) is 20.1. The highest BCUT2D eigenvalue weighted by Gasteiger charge is 2.47. The second kappa shape index (κ2) is 7.29. The Morgan fingerprint density at radius 1 is 1.20 bits per heavy atom. The van der Waals surface area contributed by atoms with Gasteiger partial charge in [-0.15, -0.1) is 0 Å². The Kier molecular flexibility index (Phi) is 4.55. The molecular formula is C23H29ClN6. The maximum absolute atomic E-state index is 6.43. The van der Waals surface area contributed by atoms with Crippen molar-refractivity contribution in [2.45, 2.75) is 55.9 Å². The highest BCUT2D eigenvalue weighted by molar-refractivity contribution is 6.31. The molecule has 5 aliphatic rings. The average molecular weight is 425 g/mol. The van der Waals surface area contributed by atoms with Crippen LogP contribution in [0.15, 0.2) is 54.3 Å². The van der Waals surface area contributed by atoms with E-state index in [1.165, 1.54) is 24.4 Å². The molecule has 3 fully saturated rings. The first-order valence-corrected chi connectivity index (χ1v) is 11.6.